The average molecular weight is 1060 g/mol. The van der Waals surface area contributed by atoms with Crippen molar-refractivity contribution in [2.24, 2.45) is 0 Å². The monoisotopic (exact) mass is 1060 g/mol. The number of ether oxygens (including phenoxy) is 4. The van der Waals surface area contributed by atoms with Gasteiger partial charge in [-0.05, 0) is 48.5 Å². The van der Waals surface area contributed by atoms with Gasteiger partial charge < -0.3 is 77.7 Å². The van der Waals surface area contributed by atoms with E-state index in [1.165, 1.54) is 0 Å². The van der Waals surface area contributed by atoms with Crippen molar-refractivity contribution in [2.75, 3.05) is 28.4 Å². The molecule has 0 unspecified atom stereocenters. The van der Waals surface area contributed by atoms with Crippen molar-refractivity contribution >= 4 is 22.1 Å². The Kier molecular flexibility index (Phi) is 22.5. The molecular weight excluding hydrogens is 1020 g/mol. The molecule has 8 aromatic rings. The molecule has 2 aromatic carbocycles. The van der Waals surface area contributed by atoms with Crippen LogP contribution in [0.4, 0.5) is 0 Å². The maximum atomic E-state index is 5.26. The van der Waals surface area contributed by atoms with E-state index in [2.05, 4.69) is 29.1 Å². The second-order valence-corrected chi connectivity index (χ2v) is 11.5. The van der Waals surface area contributed by atoms with Crippen molar-refractivity contribution in [3.63, 3.8) is 0 Å². The van der Waals surface area contributed by atoms with Gasteiger partial charge in [-0.2, -0.15) is 0 Å². The summed E-state index contributed by atoms with van der Waals surface area (Å²) < 4.78 is 25.2. The zero-order valence-corrected chi connectivity index (χ0v) is 43.2. The fourth-order valence-corrected chi connectivity index (χ4v) is 5.81. The summed E-state index contributed by atoms with van der Waals surface area (Å²) in [5.74, 6) is 3.84. The third-order valence-electron chi connectivity index (χ3n) is 8.25. The van der Waals surface area contributed by atoms with Crippen molar-refractivity contribution in [1.29, 1.82) is 0 Å². The Hall–Kier alpha value is -3.82. The van der Waals surface area contributed by atoms with Crippen LogP contribution >= 0.6 is 0 Å². The zero-order valence-electron chi connectivity index (χ0n) is 32.1. The first-order valence-corrected chi connectivity index (χ1v) is 16.5. The summed E-state index contributed by atoms with van der Waals surface area (Å²) in [6, 6.07) is 38.8. The smallest absolute Gasteiger partial charge is 1.00 e. The van der Waals surface area contributed by atoms with Crippen LogP contribution in [0, 0.1) is 0 Å². The van der Waals surface area contributed by atoms with Crippen LogP contribution in [0.3, 0.4) is 0 Å². The molecule has 0 radical (unpaired) electrons. The Labute approximate surface area is 401 Å². The van der Waals surface area contributed by atoms with Crippen LogP contribution in [0.2, 0.25) is 0 Å². The molecule has 0 amide bonds. The third-order valence-corrected chi connectivity index (χ3v) is 8.25. The molecule has 0 aliphatic carbocycles. The van der Waals surface area contributed by atoms with E-state index in [0.29, 0.717) is 36.6 Å². The Morgan fingerprint density at radius 1 is 0.379 bits per heavy atom. The molecule has 6 heterocycles. The van der Waals surface area contributed by atoms with Gasteiger partial charge in [0.2, 0.25) is 23.5 Å². The number of fused-ring (bicyclic) bond motifs is 2. The number of nitrogens with zero attached hydrogens (tertiary/aromatic N) is 8. The summed E-state index contributed by atoms with van der Waals surface area (Å²) in [6.07, 6.45) is 0. The van der Waals surface area contributed by atoms with Gasteiger partial charge in [0.25, 0.3) is 0 Å². The minimum absolute atomic E-state index is 0. The van der Waals surface area contributed by atoms with Gasteiger partial charge in [0, 0.05) is 24.3 Å². The molecule has 0 aliphatic rings. The van der Waals surface area contributed by atoms with E-state index in [4.69, 9.17) is 28.9 Å². The van der Waals surface area contributed by atoms with Crippen LogP contribution in [0.1, 0.15) is 11.4 Å². The number of halogens is 4. The predicted molar refractivity (Wildman–Crippen MR) is 199 cm³/mol. The SMILES string of the molecule is COc1cccc(Cn2c(-c3cccc(OC)n3)nc3ccccc32)n1.COc1cccc(Cn2c(-c3cccc(OC)n3)nc3ccccc32)n1.[Cd+2].[Cd+2].[Cl-].[Cl-].[Cl-].[Cl-]. The molecule has 0 spiro atoms. The van der Waals surface area contributed by atoms with Crippen LogP contribution in [-0.4, -0.2) is 67.5 Å². The van der Waals surface area contributed by atoms with E-state index in [0.717, 1.165) is 56.5 Å². The maximum Gasteiger partial charge on any atom is 2.00 e. The molecular formula is C40H36Cd2Cl4N8O4. The Bertz CT molecular complexity index is 2320. The number of methoxy groups -OCH3 is 4. The van der Waals surface area contributed by atoms with Crippen LogP contribution < -0.4 is 68.6 Å². The fourth-order valence-electron chi connectivity index (χ4n) is 5.81. The number of imidazole rings is 2. The van der Waals surface area contributed by atoms with E-state index >= 15 is 0 Å². The summed E-state index contributed by atoms with van der Waals surface area (Å²) in [7, 11) is 6.44. The van der Waals surface area contributed by atoms with Crippen LogP contribution in [0.25, 0.3) is 45.1 Å². The molecule has 0 N–H and O–H groups in total. The van der Waals surface area contributed by atoms with Gasteiger partial charge in [0.05, 0.1) is 75.0 Å². The summed E-state index contributed by atoms with van der Waals surface area (Å²) >= 11 is 0. The van der Waals surface area contributed by atoms with E-state index in [9.17, 15) is 0 Å². The molecule has 0 fully saturated rings. The molecule has 0 atom stereocenters. The number of pyridine rings is 4. The van der Waals surface area contributed by atoms with Crippen molar-refractivity contribution in [3.8, 4) is 46.6 Å². The van der Waals surface area contributed by atoms with Gasteiger partial charge in [-0.3, -0.25) is 0 Å². The van der Waals surface area contributed by atoms with Gasteiger partial charge in [-0.25, -0.2) is 29.9 Å². The molecule has 6 aromatic heterocycles. The molecule has 0 bridgehead atoms. The van der Waals surface area contributed by atoms with Crippen molar-refractivity contribution in [2.45, 2.75) is 13.1 Å². The van der Waals surface area contributed by atoms with Crippen LogP contribution in [-0.2, 0) is 67.7 Å². The Balaban J connectivity index is 0.000000526. The second kappa shape index (κ2) is 25.0. The molecule has 0 aliphatic heterocycles. The first kappa shape index (κ1) is 52.2. The third kappa shape index (κ3) is 12.1. The first-order valence-electron chi connectivity index (χ1n) is 16.5. The Morgan fingerprint density at radius 3 is 1.07 bits per heavy atom. The normalized spacial score (nSPS) is 9.72. The van der Waals surface area contributed by atoms with E-state index in [1.807, 2.05) is 121 Å². The summed E-state index contributed by atoms with van der Waals surface area (Å²) in [5, 5.41) is 0. The fraction of sp³-hybridized carbons (Fsp3) is 0.150. The largest absolute Gasteiger partial charge is 2.00 e. The zero-order chi connectivity index (χ0) is 35.9. The number of para-hydroxylation sites is 4. The van der Waals surface area contributed by atoms with Gasteiger partial charge in [-0.1, -0.05) is 48.5 Å². The molecule has 292 valence electrons. The topological polar surface area (TPSA) is 124 Å². The molecule has 0 saturated carbocycles. The van der Waals surface area contributed by atoms with E-state index < -0.39 is 0 Å². The number of hydrogen-bond acceptors (Lipinski definition) is 10. The van der Waals surface area contributed by atoms with Crippen molar-refractivity contribution in [3.05, 3.63) is 133 Å². The number of benzene rings is 2. The van der Waals surface area contributed by atoms with Gasteiger partial charge in [0.15, 0.2) is 11.6 Å². The standard InChI is InChI=1S/2C20H18N4O2.2Cd.4ClH/c2*1-25-18-11-5-7-14(21-18)13-24-17-10-4-3-8-15(17)23-20(24)16-9-6-12-19(22-16)26-2;;;;;;/h2*3-12H,13H2,1-2H3;;;4*1H/q;;2*+2;;;;/p-4. The average Bonchev–Trinajstić information content (AvgIpc) is 3.76. The summed E-state index contributed by atoms with van der Waals surface area (Å²) in [6.45, 7) is 1.12. The van der Waals surface area contributed by atoms with Gasteiger partial charge >= 0.3 is 54.6 Å². The van der Waals surface area contributed by atoms with Gasteiger partial charge in [0.1, 0.15) is 11.4 Å². The maximum absolute atomic E-state index is 5.26. The summed E-state index contributed by atoms with van der Waals surface area (Å²) in [5.41, 5.74) is 7.15. The Morgan fingerprint density at radius 2 is 0.707 bits per heavy atom. The summed E-state index contributed by atoms with van der Waals surface area (Å²) in [4.78, 5) is 27.7. The molecule has 12 nitrogen and oxygen atoms in total. The number of rotatable bonds is 10. The molecule has 58 heavy (non-hydrogen) atoms. The van der Waals surface area contributed by atoms with Crippen molar-refractivity contribution in [1.82, 2.24) is 39.0 Å². The first-order chi connectivity index (χ1) is 25.6. The van der Waals surface area contributed by atoms with E-state index in [1.54, 1.807) is 28.4 Å². The minimum atomic E-state index is 0. The molecule has 8 rings (SSSR count). The van der Waals surface area contributed by atoms with E-state index in [-0.39, 0.29) is 104 Å². The quantitative estimate of drug-likeness (QED) is 0.123. The van der Waals surface area contributed by atoms with Crippen LogP contribution in [0.5, 0.6) is 23.5 Å². The van der Waals surface area contributed by atoms with Crippen LogP contribution in [0.15, 0.2) is 121 Å². The number of hydrogen-bond donors (Lipinski definition) is 0. The molecule has 0 saturated heterocycles. The molecule has 18 heteroatoms. The van der Waals surface area contributed by atoms with Gasteiger partial charge in [-0.15, -0.1) is 0 Å². The predicted octanol–water partition coefficient (Wildman–Crippen LogP) is -4.87. The number of aromatic nitrogens is 8. The second-order valence-electron chi connectivity index (χ2n) is 11.5. The minimum Gasteiger partial charge on any atom is -1.00 e. The van der Waals surface area contributed by atoms with Crippen molar-refractivity contribution < 1.29 is 123 Å².